The molecule has 2 aliphatic carbocycles. The Kier molecular flexibility index (Phi) is 4.16. The molecule has 154 valence electrons. The molecule has 0 amide bonds. The number of carbonyl (C=O) groups excluding carboxylic acids is 2. The van der Waals surface area contributed by atoms with E-state index in [0.717, 1.165) is 11.4 Å². The van der Waals surface area contributed by atoms with Crippen molar-refractivity contribution in [1.82, 2.24) is 4.90 Å². The van der Waals surface area contributed by atoms with Crippen molar-refractivity contribution in [1.29, 1.82) is 0 Å². The van der Waals surface area contributed by atoms with E-state index in [1.165, 1.54) is 12.1 Å². The molecule has 0 atom stereocenters. The fraction of sp³-hybridized carbons (Fsp3) is 0.545. The highest BCUT2D eigenvalue weighted by Gasteiger charge is 2.49. The van der Waals surface area contributed by atoms with Crippen LogP contribution in [0.4, 0.5) is 5.88 Å². The third-order valence-electron chi connectivity index (χ3n) is 6.26. The average Bonchev–Trinajstić information content (AvgIpc) is 3.05. The van der Waals surface area contributed by atoms with Gasteiger partial charge in [-0.15, -0.1) is 0 Å². The van der Waals surface area contributed by atoms with Crippen molar-refractivity contribution in [3.63, 3.8) is 0 Å². The van der Waals surface area contributed by atoms with Crippen LogP contribution in [0.15, 0.2) is 39.1 Å². The van der Waals surface area contributed by atoms with Crippen molar-refractivity contribution >= 4 is 17.5 Å². The Labute approximate surface area is 169 Å². The van der Waals surface area contributed by atoms with Crippen molar-refractivity contribution in [3.05, 3.63) is 50.5 Å². The van der Waals surface area contributed by atoms with E-state index in [-0.39, 0.29) is 28.3 Å². The van der Waals surface area contributed by atoms with Crippen LogP contribution in [0.25, 0.3) is 0 Å². The van der Waals surface area contributed by atoms with Crippen LogP contribution < -0.4 is 0 Å². The minimum atomic E-state index is -0.669. The van der Waals surface area contributed by atoms with Gasteiger partial charge >= 0.3 is 5.88 Å². The van der Waals surface area contributed by atoms with E-state index in [1.807, 2.05) is 11.9 Å². The first-order valence-corrected chi connectivity index (χ1v) is 9.90. The molecular weight excluding hydrogens is 372 g/mol. The summed E-state index contributed by atoms with van der Waals surface area (Å²) >= 11 is 0. The first-order chi connectivity index (χ1) is 13.4. The van der Waals surface area contributed by atoms with E-state index >= 15 is 0 Å². The van der Waals surface area contributed by atoms with Gasteiger partial charge in [0, 0.05) is 42.4 Å². The van der Waals surface area contributed by atoms with Crippen LogP contribution in [-0.4, -0.2) is 28.4 Å². The lowest BCUT2D eigenvalue weighted by Crippen LogP contribution is -2.43. The van der Waals surface area contributed by atoms with Gasteiger partial charge in [-0.25, -0.2) is 0 Å². The molecule has 1 aromatic heterocycles. The first kappa shape index (κ1) is 19.6. The molecule has 0 aromatic carbocycles. The van der Waals surface area contributed by atoms with Crippen LogP contribution in [0.3, 0.4) is 0 Å². The average molecular weight is 398 g/mol. The second-order valence-corrected chi connectivity index (χ2v) is 10.0. The van der Waals surface area contributed by atoms with Crippen LogP contribution in [0.1, 0.15) is 65.1 Å². The summed E-state index contributed by atoms with van der Waals surface area (Å²) in [5, 5.41) is 11.2. The second-order valence-electron chi connectivity index (χ2n) is 10.0. The standard InChI is InChI=1S/C22H26N2O5/c1-21(2)8-12-18(14(25)10-21)20(16-6-7-17(29-16)24(27)28)19-13(23(12)5)9-22(3,4)11-15(19)26/h6-7,20H,8-11H2,1-5H3. The molecule has 0 unspecified atom stereocenters. The molecule has 3 aliphatic rings. The highest BCUT2D eigenvalue weighted by atomic mass is 16.6. The Balaban J connectivity index is 1.95. The topological polar surface area (TPSA) is 93.7 Å². The van der Waals surface area contributed by atoms with Crippen molar-refractivity contribution in [2.45, 2.75) is 59.3 Å². The van der Waals surface area contributed by atoms with Gasteiger partial charge in [0.05, 0.1) is 12.0 Å². The Bertz CT molecular complexity index is 954. The van der Waals surface area contributed by atoms with E-state index in [2.05, 4.69) is 27.7 Å². The number of nitro groups is 1. The quantitative estimate of drug-likeness (QED) is 0.538. The van der Waals surface area contributed by atoms with Gasteiger partial charge in [-0.2, -0.15) is 0 Å². The number of carbonyl (C=O) groups is 2. The summed E-state index contributed by atoms with van der Waals surface area (Å²) in [5.74, 6) is -0.786. The molecule has 0 fully saturated rings. The highest BCUT2D eigenvalue weighted by molar-refractivity contribution is 6.06. The lowest BCUT2D eigenvalue weighted by Gasteiger charge is -2.47. The molecule has 1 aromatic rings. The lowest BCUT2D eigenvalue weighted by atomic mass is 9.64. The Hall–Kier alpha value is -2.70. The highest BCUT2D eigenvalue weighted by Crippen LogP contribution is 2.54. The summed E-state index contributed by atoms with van der Waals surface area (Å²) in [7, 11) is 1.93. The molecule has 0 radical (unpaired) electrons. The molecule has 1 aliphatic heterocycles. The van der Waals surface area contributed by atoms with Crippen LogP contribution in [0.5, 0.6) is 0 Å². The third-order valence-corrected chi connectivity index (χ3v) is 6.26. The molecule has 0 saturated carbocycles. The molecular formula is C22H26N2O5. The summed E-state index contributed by atoms with van der Waals surface area (Å²) < 4.78 is 5.53. The number of furan rings is 1. The summed E-state index contributed by atoms with van der Waals surface area (Å²) in [5.41, 5.74) is 2.55. The number of Topliss-reactive ketones (excluding diaryl/α,β-unsaturated/α-hetero) is 2. The number of nitrogens with zero attached hydrogens (tertiary/aromatic N) is 2. The van der Waals surface area contributed by atoms with Gasteiger partial charge < -0.3 is 9.32 Å². The first-order valence-electron chi connectivity index (χ1n) is 9.90. The second kappa shape index (κ2) is 6.15. The van der Waals surface area contributed by atoms with Crippen LogP contribution in [0.2, 0.25) is 0 Å². The maximum Gasteiger partial charge on any atom is 0.433 e. The van der Waals surface area contributed by atoms with Gasteiger partial charge in [-0.05, 0) is 29.7 Å². The fourth-order valence-corrected chi connectivity index (χ4v) is 5.04. The van der Waals surface area contributed by atoms with E-state index in [9.17, 15) is 19.7 Å². The minimum Gasteiger partial charge on any atom is -0.405 e. The van der Waals surface area contributed by atoms with Crippen LogP contribution in [-0.2, 0) is 9.59 Å². The van der Waals surface area contributed by atoms with Gasteiger partial charge in [-0.3, -0.25) is 19.7 Å². The zero-order chi connectivity index (χ0) is 21.3. The maximum atomic E-state index is 13.2. The van der Waals surface area contributed by atoms with E-state index in [4.69, 9.17) is 4.42 Å². The largest absolute Gasteiger partial charge is 0.433 e. The van der Waals surface area contributed by atoms with Crippen molar-refractivity contribution in [2.24, 2.45) is 10.8 Å². The molecule has 0 spiro atoms. The van der Waals surface area contributed by atoms with Gasteiger partial charge in [0.2, 0.25) is 0 Å². The SMILES string of the molecule is CN1C2=C(C(=O)CC(C)(C)C2)C(c2ccc([N+](=O)[O-])o2)C2=C1CC(C)(C)CC2=O. The van der Waals surface area contributed by atoms with Crippen molar-refractivity contribution in [3.8, 4) is 0 Å². The molecule has 7 heteroatoms. The molecule has 2 heterocycles. The molecule has 29 heavy (non-hydrogen) atoms. The smallest absolute Gasteiger partial charge is 0.405 e. The normalized spacial score (nSPS) is 24.0. The summed E-state index contributed by atoms with van der Waals surface area (Å²) in [4.78, 5) is 39.0. The predicted octanol–water partition coefficient (Wildman–Crippen LogP) is 4.50. The molecule has 7 nitrogen and oxygen atoms in total. The number of hydrogen-bond donors (Lipinski definition) is 0. The summed E-state index contributed by atoms with van der Waals surface area (Å²) in [6.45, 7) is 8.26. The van der Waals surface area contributed by atoms with Gasteiger partial charge in [0.25, 0.3) is 0 Å². The van der Waals surface area contributed by atoms with Gasteiger partial charge in [0.15, 0.2) is 11.6 Å². The Morgan fingerprint density at radius 3 is 1.86 bits per heavy atom. The molecule has 0 saturated heterocycles. The van der Waals surface area contributed by atoms with Gasteiger partial charge in [-0.1, -0.05) is 27.7 Å². The zero-order valence-electron chi connectivity index (χ0n) is 17.5. The number of hydrogen-bond acceptors (Lipinski definition) is 6. The molecule has 4 rings (SSSR count). The van der Waals surface area contributed by atoms with Crippen molar-refractivity contribution in [2.75, 3.05) is 7.05 Å². The van der Waals surface area contributed by atoms with Crippen molar-refractivity contribution < 1.29 is 18.9 Å². The summed E-state index contributed by atoms with van der Waals surface area (Å²) in [6, 6.07) is 2.83. The van der Waals surface area contributed by atoms with Crippen LogP contribution in [0, 0.1) is 20.9 Å². The number of allylic oxidation sites excluding steroid dienone is 4. The number of ketones is 2. The van der Waals surface area contributed by atoms with Crippen LogP contribution >= 0.6 is 0 Å². The molecule has 0 N–H and O–H groups in total. The zero-order valence-corrected chi connectivity index (χ0v) is 17.5. The van der Waals surface area contributed by atoms with Gasteiger partial charge in [0.1, 0.15) is 10.7 Å². The van der Waals surface area contributed by atoms with E-state index in [1.54, 1.807) is 0 Å². The monoisotopic (exact) mass is 398 g/mol. The van der Waals surface area contributed by atoms with E-state index in [0.29, 0.717) is 42.6 Å². The Morgan fingerprint density at radius 2 is 1.45 bits per heavy atom. The fourth-order valence-electron chi connectivity index (χ4n) is 5.04. The molecule has 0 bridgehead atoms. The minimum absolute atomic E-state index is 0.0173. The summed E-state index contributed by atoms with van der Waals surface area (Å²) in [6.07, 6.45) is 2.16. The third kappa shape index (κ3) is 3.12. The Morgan fingerprint density at radius 1 is 0.966 bits per heavy atom. The number of rotatable bonds is 2. The predicted molar refractivity (Wildman–Crippen MR) is 106 cm³/mol. The van der Waals surface area contributed by atoms with E-state index < -0.39 is 10.8 Å². The lowest BCUT2D eigenvalue weighted by molar-refractivity contribution is -0.402. The maximum absolute atomic E-state index is 13.2.